The molecule has 0 aliphatic heterocycles. The molecule has 0 spiro atoms. The van der Waals surface area contributed by atoms with Gasteiger partial charge in [0.2, 0.25) is 0 Å². The summed E-state index contributed by atoms with van der Waals surface area (Å²) in [4.78, 5) is 0. The second-order valence-corrected chi connectivity index (χ2v) is 2.91. The molecule has 0 aliphatic carbocycles. The van der Waals surface area contributed by atoms with Crippen LogP contribution < -0.4 is 0 Å². The number of benzene rings is 1. The minimum atomic E-state index is 0.584. The van der Waals surface area contributed by atoms with E-state index in [2.05, 4.69) is 6.07 Å². The first-order valence-corrected chi connectivity index (χ1v) is 4.36. The predicted molar refractivity (Wildman–Crippen MR) is 48.1 cm³/mol. The molecule has 0 heterocycles. The zero-order valence-electron chi connectivity index (χ0n) is 6.32. The predicted octanol–water partition coefficient (Wildman–Crippen LogP) is 2.27. The van der Waals surface area contributed by atoms with Gasteiger partial charge < -0.3 is 0 Å². The molecule has 0 radical (unpaired) electrons. The summed E-state index contributed by atoms with van der Waals surface area (Å²) in [6.07, 6.45) is 0. The van der Waals surface area contributed by atoms with Gasteiger partial charge in [-0.25, -0.2) is 0 Å². The summed E-state index contributed by atoms with van der Waals surface area (Å²) in [6, 6.07) is 9.39. The summed E-state index contributed by atoms with van der Waals surface area (Å²) in [6.45, 7) is 0. The lowest BCUT2D eigenvalue weighted by molar-refractivity contribution is 1.36. The van der Waals surface area contributed by atoms with Gasteiger partial charge in [-0.3, -0.25) is 0 Å². The summed E-state index contributed by atoms with van der Waals surface area (Å²) in [7, 11) is 0. The second kappa shape index (κ2) is 4.43. The molecule has 0 unspecified atom stereocenters. The molecule has 2 nitrogen and oxygen atoms in total. The third kappa shape index (κ3) is 2.02. The van der Waals surface area contributed by atoms with Crippen molar-refractivity contribution in [1.82, 2.24) is 0 Å². The van der Waals surface area contributed by atoms with Gasteiger partial charge in [-0.1, -0.05) is 18.2 Å². The highest BCUT2D eigenvalue weighted by Gasteiger charge is 1.98. The van der Waals surface area contributed by atoms with Crippen LogP contribution in [-0.2, 0) is 5.75 Å². The summed E-state index contributed by atoms with van der Waals surface area (Å²) >= 11 is 1.15. The Morgan fingerprint density at radius 2 is 2.00 bits per heavy atom. The van der Waals surface area contributed by atoms with E-state index in [0.29, 0.717) is 11.3 Å². The molecule has 1 rings (SSSR count). The van der Waals surface area contributed by atoms with Gasteiger partial charge in [-0.2, -0.15) is 10.5 Å². The van der Waals surface area contributed by atoms with Crippen molar-refractivity contribution >= 4 is 11.8 Å². The fourth-order valence-corrected chi connectivity index (χ4v) is 1.34. The van der Waals surface area contributed by atoms with Crippen LogP contribution in [0.1, 0.15) is 11.1 Å². The number of thiocyanates is 1. The molecule has 0 aromatic heterocycles. The monoisotopic (exact) mass is 174 g/mol. The van der Waals surface area contributed by atoms with E-state index >= 15 is 0 Å². The highest BCUT2D eigenvalue weighted by atomic mass is 32.2. The van der Waals surface area contributed by atoms with Crippen LogP contribution in [0.25, 0.3) is 0 Å². The number of nitrogens with zero attached hydrogens (tertiary/aromatic N) is 2. The average molecular weight is 174 g/mol. The third-order valence-electron chi connectivity index (χ3n) is 1.43. The standard InChI is InChI=1S/C9H6N2S/c10-5-8-3-1-2-4-9(8)6-12-7-11/h1-4H,6H2. The Balaban J connectivity index is 2.86. The molecule has 0 saturated heterocycles. The molecule has 1 aromatic carbocycles. The molecular formula is C9H6N2S. The van der Waals surface area contributed by atoms with Crippen LogP contribution in [0.4, 0.5) is 0 Å². The number of hydrogen-bond donors (Lipinski definition) is 0. The smallest absolute Gasteiger partial charge is 0.133 e. The molecule has 1 aromatic rings. The van der Waals surface area contributed by atoms with Crippen LogP contribution in [0.3, 0.4) is 0 Å². The number of hydrogen-bond acceptors (Lipinski definition) is 3. The quantitative estimate of drug-likeness (QED) is 0.646. The van der Waals surface area contributed by atoms with Gasteiger partial charge in [-0.05, 0) is 23.4 Å². The van der Waals surface area contributed by atoms with Crippen molar-refractivity contribution in [3.05, 3.63) is 35.4 Å². The highest BCUT2D eigenvalue weighted by molar-refractivity contribution is 8.02. The maximum atomic E-state index is 8.68. The van der Waals surface area contributed by atoms with Gasteiger partial charge in [0.05, 0.1) is 11.6 Å². The maximum absolute atomic E-state index is 8.68. The maximum Gasteiger partial charge on any atom is 0.133 e. The summed E-state index contributed by atoms with van der Waals surface area (Å²) in [5, 5.41) is 19.0. The minimum Gasteiger partial charge on any atom is -0.192 e. The van der Waals surface area contributed by atoms with E-state index in [0.717, 1.165) is 17.3 Å². The molecule has 0 fully saturated rings. The second-order valence-electron chi connectivity index (χ2n) is 2.15. The molecule has 12 heavy (non-hydrogen) atoms. The first kappa shape index (κ1) is 8.64. The Hall–Kier alpha value is -1.45. The van der Waals surface area contributed by atoms with Crippen molar-refractivity contribution in [3.8, 4) is 11.5 Å². The zero-order valence-corrected chi connectivity index (χ0v) is 7.14. The highest BCUT2D eigenvalue weighted by Crippen LogP contribution is 2.14. The fraction of sp³-hybridized carbons (Fsp3) is 0.111. The first-order valence-electron chi connectivity index (χ1n) is 3.37. The van der Waals surface area contributed by atoms with E-state index in [4.69, 9.17) is 10.5 Å². The number of rotatable bonds is 2. The van der Waals surface area contributed by atoms with Crippen LogP contribution in [0.15, 0.2) is 24.3 Å². The van der Waals surface area contributed by atoms with Crippen LogP contribution in [0, 0.1) is 22.0 Å². The molecule has 0 amide bonds. The summed E-state index contributed by atoms with van der Waals surface area (Å²) in [5.41, 5.74) is 1.58. The van der Waals surface area contributed by atoms with Crippen LogP contribution in [0.5, 0.6) is 0 Å². The lowest BCUT2D eigenvalue weighted by Gasteiger charge is -1.97. The Kier molecular flexibility index (Phi) is 3.19. The van der Waals surface area contributed by atoms with E-state index in [1.54, 1.807) is 6.07 Å². The Labute approximate surface area is 75.4 Å². The Morgan fingerprint density at radius 1 is 1.25 bits per heavy atom. The largest absolute Gasteiger partial charge is 0.192 e. The molecule has 0 saturated carbocycles. The topological polar surface area (TPSA) is 47.6 Å². The van der Waals surface area contributed by atoms with E-state index in [9.17, 15) is 0 Å². The van der Waals surface area contributed by atoms with Gasteiger partial charge in [0.15, 0.2) is 0 Å². The fourth-order valence-electron chi connectivity index (χ4n) is 0.865. The molecule has 0 N–H and O–H groups in total. The van der Waals surface area contributed by atoms with Gasteiger partial charge in [0, 0.05) is 5.75 Å². The van der Waals surface area contributed by atoms with E-state index < -0.39 is 0 Å². The van der Waals surface area contributed by atoms with Gasteiger partial charge in [0.25, 0.3) is 0 Å². The van der Waals surface area contributed by atoms with Gasteiger partial charge in [-0.15, -0.1) is 0 Å². The normalized spacial score (nSPS) is 8.50. The van der Waals surface area contributed by atoms with Crippen molar-refractivity contribution in [2.24, 2.45) is 0 Å². The molecule has 58 valence electrons. The lowest BCUT2D eigenvalue weighted by atomic mass is 10.1. The van der Waals surface area contributed by atoms with Crippen molar-refractivity contribution < 1.29 is 0 Å². The van der Waals surface area contributed by atoms with Crippen molar-refractivity contribution in [2.45, 2.75) is 5.75 Å². The van der Waals surface area contributed by atoms with E-state index in [1.165, 1.54) is 0 Å². The van der Waals surface area contributed by atoms with Crippen molar-refractivity contribution in [1.29, 1.82) is 10.5 Å². The molecule has 3 heteroatoms. The number of thioether (sulfide) groups is 1. The third-order valence-corrected chi connectivity index (χ3v) is 2.01. The Morgan fingerprint density at radius 3 is 2.67 bits per heavy atom. The van der Waals surface area contributed by atoms with E-state index in [-0.39, 0.29) is 0 Å². The van der Waals surface area contributed by atoms with Crippen molar-refractivity contribution in [2.75, 3.05) is 0 Å². The van der Waals surface area contributed by atoms with E-state index in [1.807, 2.05) is 23.6 Å². The van der Waals surface area contributed by atoms with Gasteiger partial charge >= 0.3 is 0 Å². The summed E-state index contributed by atoms with van der Waals surface area (Å²) < 4.78 is 0. The lowest BCUT2D eigenvalue weighted by Crippen LogP contribution is -1.84. The molecular weight excluding hydrogens is 168 g/mol. The molecule has 0 atom stereocenters. The Bertz CT molecular complexity index is 346. The van der Waals surface area contributed by atoms with Gasteiger partial charge in [0.1, 0.15) is 5.40 Å². The van der Waals surface area contributed by atoms with Crippen LogP contribution in [0.2, 0.25) is 0 Å². The van der Waals surface area contributed by atoms with Crippen molar-refractivity contribution in [3.63, 3.8) is 0 Å². The average Bonchev–Trinajstić information content (AvgIpc) is 2.15. The molecule has 0 aliphatic rings. The summed E-state index contributed by atoms with van der Waals surface area (Å²) in [5.74, 6) is 0.584. The minimum absolute atomic E-state index is 0.584. The zero-order chi connectivity index (χ0) is 8.81. The van der Waals surface area contributed by atoms with Crippen LogP contribution in [-0.4, -0.2) is 0 Å². The van der Waals surface area contributed by atoms with Crippen LogP contribution >= 0.6 is 11.8 Å². The molecule has 0 bridgehead atoms. The first-order chi connectivity index (χ1) is 5.88. The SMILES string of the molecule is N#CSCc1ccccc1C#N. The number of nitriles is 2.